The van der Waals surface area contributed by atoms with Gasteiger partial charge in [0.05, 0.1) is 0 Å². The molecule has 0 radical (unpaired) electrons. The molecule has 2 unspecified atom stereocenters. The highest BCUT2D eigenvalue weighted by Gasteiger charge is 2.24. The molecule has 0 aromatic rings. The maximum absolute atomic E-state index is 5.95. The van der Waals surface area contributed by atoms with E-state index in [0.29, 0.717) is 6.04 Å². The lowest BCUT2D eigenvalue weighted by Crippen LogP contribution is -2.38. The Morgan fingerprint density at radius 2 is 2.19 bits per heavy atom. The summed E-state index contributed by atoms with van der Waals surface area (Å²) in [5.41, 5.74) is 5.95. The monoisotopic (exact) mass is 227 g/mol. The first kappa shape index (κ1) is 13.9. The van der Waals surface area contributed by atoms with Crippen molar-refractivity contribution in [3.63, 3.8) is 0 Å². The molecule has 0 bridgehead atoms. The average Bonchev–Trinajstić information content (AvgIpc) is 2.64. The van der Waals surface area contributed by atoms with Gasteiger partial charge in [0.15, 0.2) is 0 Å². The third-order valence-corrected chi connectivity index (χ3v) is 3.62. The summed E-state index contributed by atoms with van der Waals surface area (Å²) in [5, 5.41) is 0. The summed E-state index contributed by atoms with van der Waals surface area (Å²) < 4.78 is 0. The first-order valence-corrected chi connectivity index (χ1v) is 6.77. The molecule has 1 aliphatic heterocycles. The highest BCUT2D eigenvalue weighted by atomic mass is 15.2. The summed E-state index contributed by atoms with van der Waals surface area (Å²) in [6.07, 6.45) is 6.30. The zero-order chi connectivity index (χ0) is 12.0. The molecular weight excluding hydrogens is 198 g/mol. The summed E-state index contributed by atoms with van der Waals surface area (Å²) >= 11 is 0. The maximum Gasteiger partial charge on any atom is 0.0223 e. The molecule has 3 nitrogen and oxygen atoms in total. The molecule has 0 amide bonds. The van der Waals surface area contributed by atoms with Crippen molar-refractivity contribution < 1.29 is 0 Å². The van der Waals surface area contributed by atoms with Gasteiger partial charge in [-0.15, -0.1) is 0 Å². The van der Waals surface area contributed by atoms with Gasteiger partial charge >= 0.3 is 0 Å². The Hall–Kier alpha value is -0.120. The molecule has 1 saturated heterocycles. The standard InChI is InChI=1S/C13H29N3/c1-4-12(14)7-5-9-16-10-6-8-13(16)11-15(2)3/h12-13H,4-11,14H2,1-3H3. The lowest BCUT2D eigenvalue weighted by Gasteiger charge is -2.27. The van der Waals surface area contributed by atoms with Gasteiger partial charge in [-0.3, -0.25) is 4.90 Å². The van der Waals surface area contributed by atoms with E-state index in [9.17, 15) is 0 Å². The number of likely N-dealkylation sites (tertiary alicyclic amines) is 1. The number of nitrogens with zero attached hydrogens (tertiary/aromatic N) is 2. The summed E-state index contributed by atoms with van der Waals surface area (Å²) in [5.74, 6) is 0. The van der Waals surface area contributed by atoms with Gasteiger partial charge in [0.25, 0.3) is 0 Å². The van der Waals surface area contributed by atoms with Crippen LogP contribution in [0.3, 0.4) is 0 Å². The molecule has 96 valence electrons. The molecule has 0 spiro atoms. The minimum absolute atomic E-state index is 0.412. The Balaban J connectivity index is 2.19. The quantitative estimate of drug-likeness (QED) is 0.716. The Morgan fingerprint density at radius 3 is 2.81 bits per heavy atom. The molecule has 16 heavy (non-hydrogen) atoms. The molecule has 0 aromatic carbocycles. The van der Waals surface area contributed by atoms with E-state index in [1.807, 2.05) is 0 Å². The van der Waals surface area contributed by atoms with E-state index in [1.165, 1.54) is 45.3 Å². The van der Waals surface area contributed by atoms with Crippen molar-refractivity contribution in [2.24, 2.45) is 5.73 Å². The fourth-order valence-corrected chi connectivity index (χ4v) is 2.58. The fraction of sp³-hybridized carbons (Fsp3) is 1.00. The maximum atomic E-state index is 5.95. The van der Waals surface area contributed by atoms with Gasteiger partial charge in [0.2, 0.25) is 0 Å². The first-order valence-electron chi connectivity index (χ1n) is 6.77. The van der Waals surface area contributed by atoms with Crippen molar-refractivity contribution in [1.29, 1.82) is 0 Å². The van der Waals surface area contributed by atoms with Crippen LogP contribution < -0.4 is 5.73 Å². The van der Waals surface area contributed by atoms with Crippen LogP contribution in [-0.4, -0.2) is 55.6 Å². The van der Waals surface area contributed by atoms with Crippen LogP contribution in [0, 0.1) is 0 Å². The Morgan fingerprint density at radius 1 is 1.44 bits per heavy atom. The smallest absolute Gasteiger partial charge is 0.0223 e. The van der Waals surface area contributed by atoms with Crippen LogP contribution in [0.1, 0.15) is 39.0 Å². The van der Waals surface area contributed by atoms with Gasteiger partial charge in [-0.2, -0.15) is 0 Å². The van der Waals surface area contributed by atoms with Gasteiger partial charge in [-0.25, -0.2) is 0 Å². The second-order valence-corrected chi connectivity index (χ2v) is 5.40. The third-order valence-electron chi connectivity index (χ3n) is 3.62. The lowest BCUT2D eigenvalue weighted by molar-refractivity contribution is 0.203. The summed E-state index contributed by atoms with van der Waals surface area (Å²) in [6.45, 7) is 5.92. The third kappa shape index (κ3) is 4.81. The largest absolute Gasteiger partial charge is 0.328 e. The molecule has 0 aromatic heterocycles. The number of hydrogen-bond donors (Lipinski definition) is 1. The minimum Gasteiger partial charge on any atom is -0.328 e. The van der Waals surface area contributed by atoms with Gasteiger partial charge in [0.1, 0.15) is 0 Å². The van der Waals surface area contributed by atoms with Crippen LogP contribution in [0.4, 0.5) is 0 Å². The average molecular weight is 227 g/mol. The van der Waals surface area contributed by atoms with Gasteiger partial charge in [0, 0.05) is 18.6 Å². The molecule has 3 heteroatoms. The van der Waals surface area contributed by atoms with Gasteiger partial charge in [-0.1, -0.05) is 6.92 Å². The van der Waals surface area contributed by atoms with Crippen molar-refractivity contribution in [3.05, 3.63) is 0 Å². The Labute approximate surface area is 101 Å². The van der Waals surface area contributed by atoms with E-state index in [1.54, 1.807) is 0 Å². The predicted molar refractivity (Wildman–Crippen MR) is 70.6 cm³/mol. The van der Waals surface area contributed by atoms with E-state index in [4.69, 9.17) is 5.73 Å². The fourth-order valence-electron chi connectivity index (χ4n) is 2.58. The van der Waals surface area contributed by atoms with Crippen LogP contribution in [0.5, 0.6) is 0 Å². The molecule has 1 aliphatic rings. The van der Waals surface area contributed by atoms with E-state index in [2.05, 4.69) is 30.8 Å². The molecule has 0 saturated carbocycles. The second-order valence-electron chi connectivity index (χ2n) is 5.40. The topological polar surface area (TPSA) is 32.5 Å². The lowest BCUT2D eigenvalue weighted by atomic mass is 10.1. The van der Waals surface area contributed by atoms with Gasteiger partial charge in [-0.05, 0) is 59.3 Å². The predicted octanol–water partition coefficient (Wildman–Crippen LogP) is 1.53. The Kier molecular flexibility index (Phi) is 6.32. The molecule has 2 N–H and O–H groups in total. The van der Waals surface area contributed by atoms with Crippen LogP contribution in [0.2, 0.25) is 0 Å². The highest BCUT2D eigenvalue weighted by molar-refractivity contribution is 4.80. The molecular formula is C13H29N3. The first-order chi connectivity index (χ1) is 7.63. The zero-order valence-electron chi connectivity index (χ0n) is 11.3. The summed E-state index contributed by atoms with van der Waals surface area (Å²) in [7, 11) is 4.34. The SMILES string of the molecule is CCC(N)CCCN1CCCC1CN(C)C. The van der Waals surface area contributed by atoms with E-state index >= 15 is 0 Å². The normalized spacial score (nSPS) is 24.2. The second kappa shape index (κ2) is 7.25. The van der Waals surface area contributed by atoms with E-state index in [0.717, 1.165) is 12.5 Å². The minimum atomic E-state index is 0.412. The van der Waals surface area contributed by atoms with Crippen LogP contribution in [0.25, 0.3) is 0 Å². The number of nitrogens with two attached hydrogens (primary N) is 1. The van der Waals surface area contributed by atoms with Crippen LogP contribution in [0.15, 0.2) is 0 Å². The van der Waals surface area contributed by atoms with E-state index in [-0.39, 0.29) is 0 Å². The van der Waals surface area contributed by atoms with Crippen molar-refractivity contribution in [3.8, 4) is 0 Å². The van der Waals surface area contributed by atoms with Gasteiger partial charge < -0.3 is 10.6 Å². The number of rotatable bonds is 7. The van der Waals surface area contributed by atoms with Crippen molar-refractivity contribution in [2.75, 3.05) is 33.7 Å². The zero-order valence-corrected chi connectivity index (χ0v) is 11.3. The van der Waals surface area contributed by atoms with E-state index < -0.39 is 0 Å². The Bertz CT molecular complexity index is 182. The van der Waals surface area contributed by atoms with Crippen molar-refractivity contribution >= 4 is 0 Å². The van der Waals surface area contributed by atoms with Crippen LogP contribution in [-0.2, 0) is 0 Å². The molecule has 1 fully saturated rings. The summed E-state index contributed by atoms with van der Waals surface area (Å²) in [6, 6.07) is 1.20. The molecule has 0 aliphatic carbocycles. The van der Waals surface area contributed by atoms with Crippen molar-refractivity contribution in [2.45, 2.75) is 51.1 Å². The molecule has 2 atom stereocenters. The molecule has 1 heterocycles. The molecule has 1 rings (SSSR count). The van der Waals surface area contributed by atoms with Crippen molar-refractivity contribution in [1.82, 2.24) is 9.80 Å². The number of likely N-dealkylation sites (N-methyl/N-ethyl adjacent to an activating group) is 1. The van der Waals surface area contributed by atoms with Crippen LogP contribution >= 0.6 is 0 Å². The number of hydrogen-bond acceptors (Lipinski definition) is 3. The summed E-state index contributed by atoms with van der Waals surface area (Å²) in [4.78, 5) is 4.96. The highest BCUT2D eigenvalue weighted by Crippen LogP contribution is 2.18.